The highest BCUT2D eigenvalue weighted by Crippen LogP contribution is 2.11. The molecule has 3 N–H and O–H groups in total. The molecule has 7 heteroatoms. The Hall–Kier alpha value is -1.60. The number of benzene rings is 1. The summed E-state index contributed by atoms with van der Waals surface area (Å²) in [4.78, 5) is 4.45. The second kappa shape index (κ2) is 10.3. The molecular formula is C17H30N4O2S. The Kier molecular flexibility index (Phi) is 8.78. The first kappa shape index (κ1) is 20.4. The van der Waals surface area contributed by atoms with Gasteiger partial charge in [0.25, 0.3) is 0 Å². The van der Waals surface area contributed by atoms with Crippen molar-refractivity contribution in [3.63, 3.8) is 0 Å². The number of unbranched alkanes of at least 4 members (excludes halogenated alkanes) is 1. The van der Waals surface area contributed by atoms with Crippen LogP contribution in [0.25, 0.3) is 0 Å². The van der Waals surface area contributed by atoms with E-state index in [-0.39, 0.29) is 4.90 Å². The van der Waals surface area contributed by atoms with Gasteiger partial charge in [-0.25, -0.2) is 13.1 Å². The largest absolute Gasteiger partial charge is 0.356 e. The molecule has 0 saturated heterocycles. The lowest BCUT2D eigenvalue weighted by Gasteiger charge is -2.13. The van der Waals surface area contributed by atoms with Gasteiger partial charge in [-0.15, -0.1) is 0 Å². The van der Waals surface area contributed by atoms with Crippen molar-refractivity contribution in [1.82, 2.24) is 15.4 Å². The number of nitrogens with zero attached hydrogens (tertiary/aromatic N) is 1. The summed E-state index contributed by atoms with van der Waals surface area (Å²) in [6.45, 7) is 5.85. The number of guanidine groups is 1. The first-order valence-corrected chi connectivity index (χ1v) is 9.84. The molecule has 0 atom stereocenters. The summed E-state index contributed by atoms with van der Waals surface area (Å²) in [6.07, 6.45) is 3.54. The van der Waals surface area contributed by atoms with Crippen LogP contribution in [-0.2, 0) is 16.6 Å². The molecule has 1 aromatic rings. The van der Waals surface area contributed by atoms with Gasteiger partial charge in [0.2, 0.25) is 10.0 Å². The van der Waals surface area contributed by atoms with Crippen LogP contribution in [0.5, 0.6) is 0 Å². The molecular weight excluding hydrogens is 324 g/mol. The van der Waals surface area contributed by atoms with Gasteiger partial charge in [-0.3, -0.25) is 4.99 Å². The third kappa shape index (κ3) is 7.31. The topological polar surface area (TPSA) is 82.6 Å². The van der Waals surface area contributed by atoms with Crippen LogP contribution in [0.1, 0.15) is 38.7 Å². The van der Waals surface area contributed by atoms with E-state index in [0.29, 0.717) is 6.54 Å². The maximum atomic E-state index is 11.8. The maximum absolute atomic E-state index is 11.8. The van der Waals surface area contributed by atoms with E-state index >= 15 is 0 Å². The molecule has 0 amide bonds. The highest BCUT2D eigenvalue weighted by molar-refractivity contribution is 7.89. The van der Waals surface area contributed by atoms with Crippen molar-refractivity contribution in [3.8, 4) is 0 Å². The van der Waals surface area contributed by atoms with Gasteiger partial charge in [0, 0.05) is 20.1 Å². The van der Waals surface area contributed by atoms with Crippen LogP contribution in [0, 0.1) is 5.92 Å². The third-order valence-corrected chi connectivity index (χ3v) is 5.07. The van der Waals surface area contributed by atoms with Crippen molar-refractivity contribution in [3.05, 3.63) is 29.8 Å². The Bertz CT molecular complexity index is 627. The lowest BCUT2D eigenvalue weighted by atomic mass is 10.1. The molecule has 0 saturated carbocycles. The average molecular weight is 355 g/mol. The SMILES string of the molecule is CN=C(NCCCCC(C)C)NCc1cccc(S(=O)(=O)NC)c1. The van der Waals surface area contributed by atoms with E-state index in [2.05, 4.69) is 34.2 Å². The molecule has 0 unspecified atom stereocenters. The van der Waals surface area contributed by atoms with Gasteiger partial charge in [-0.2, -0.15) is 0 Å². The quantitative estimate of drug-likeness (QED) is 0.360. The molecule has 0 spiro atoms. The molecule has 0 aliphatic rings. The van der Waals surface area contributed by atoms with Crippen molar-refractivity contribution >= 4 is 16.0 Å². The summed E-state index contributed by atoms with van der Waals surface area (Å²) in [5.41, 5.74) is 0.883. The molecule has 24 heavy (non-hydrogen) atoms. The van der Waals surface area contributed by atoms with Gasteiger partial charge < -0.3 is 10.6 Å². The number of sulfonamides is 1. The first-order chi connectivity index (χ1) is 11.4. The van der Waals surface area contributed by atoms with Crippen LogP contribution in [0.4, 0.5) is 0 Å². The Balaban J connectivity index is 2.48. The Labute approximate surface area is 146 Å². The van der Waals surface area contributed by atoms with Crippen molar-refractivity contribution in [2.45, 2.75) is 44.6 Å². The van der Waals surface area contributed by atoms with Crippen molar-refractivity contribution in [1.29, 1.82) is 0 Å². The first-order valence-electron chi connectivity index (χ1n) is 8.36. The minimum atomic E-state index is -3.42. The number of rotatable bonds is 9. The summed E-state index contributed by atoms with van der Waals surface area (Å²) in [5.74, 6) is 1.46. The summed E-state index contributed by atoms with van der Waals surface area (Å²) in [6, 6.07) is 6.87. The van der Waals surface area contributed by atoms with E-state index in [9.17, 15) is 8.42 Å². The standard InChI is InChI=1S/C17H30N4O2S/c1-14(2)8-5-6-11-20-17(18-3)21-13-15-9-7-10-16(12-15)24(22,23)19-4/h7,9-10,12,14,19H,5-6,8,11,13H2,1-4H3,(H2,18,20,21). The highest BCUT2D eigenvalue weighted by Gasteiger charge is 2.11. The fourth-order valence-corrected chi connectivity index (χ4v) is 3.03. The Morgan fingerprint density at radius 3 is 2.58 bits per heavy atom. The molecule has 0 aromatic heterocycles. The molecule has 0 radical (unpaired) electrons. The lowest BCUT2D eigenvalue weighted by molar-refractivity contribution is 0.534. The Morgan fingerprint density at radius 1 is 1.21 bits per heavy atom. The van der Waals surface area contributed by atoms with Crippen molar-refractivity contribution in [2.24, 2.45) is 10.9 Å². The van der Waals surface area contributed by atoms with Gasteiger partial charge in [0.15, 0.2) is 5.96 Å². The fourth-order valence-electron chi connectivity index (χ4n) is 2.23. The molecule has 6 nitrogen and oxygen atoms in total. The van der Waals surface area contributed by atoms with Crippen LogP contribution in [0.3, 0.4) is 0 Å². The normalized spacial score (nSPS) is 12.5. The third-order valence-electron chi connectivity index (χ3n) is 3.66. The average Bonchev–Trinajstić information content (AvgIpc) is 2.57. The van der Waals surface area contributed by atoms with Crippen molar-refractivity contribution in [2.75, 3.05) is 20.6 Å². The molecule has 0 aliphatic heterocycles. The zero-order valence-corrected chi connectivity index (χ0v) is 15.9. The van der Waals surface area contributed by atoms with E-state index in [0.717, 1.165) is 30.4 Å². The summed E-state index contributed by atoms with van der Waals surface area (Å²) in [5, 5.41) is 6.48. The van der Waals surface area contributed by atoms with Crippen LogP contribution in [0.2, 0.25) is 0 Å². The van der Waals surface area contributed by atoms with Crippen LogP contribution < -0.4 is 15.4 Å². The van der Waals surface area contributed by atoms with E-state index in [1.807, 2.05) is 6.07 Å². The molecule has 136 valence electrons. The van der Waals surface area contributed by atoms with Crippen LogP contribution >= 0.6 is 0 Å². The number of nitrogens with one attached hydrogen (secondary N) is 3. The van der Waals surface area contributed by atoms with Gasteiger partial charge in [-0.05, 0) is 37.1 Å². The summed E-state index contributed by atoms with van der Waals surface area (Å²) < 4.78 is 26.0. The fraction of sp³-hybridized carbons (Fsp3) is 0.588. The molecule has 0 bridgehead atoms. The minimum Gasteiger partial charge on any atom is -0.356 e. The number of hydrogen-bond acceptors (Lipinski definition) is 3. The van der Waals surface area contributed by atoms with Crippen LogP contribution in [0.15, 0.2) is 34.2 Å². The molecule has 1 rings (SSSR count). The van der Waals surface area contributed by atoms with E-state index < -0.39 is 10.0 Å². The van der Waals surface area contributed by atoms with Crippen molar-refractivity contribution < 1.29 is 8.42 Å². The summed E-state index contributed by atoms with van der Waals surface area (Å²) in [7, 11) is -0.281. The van der Waals surface area contributed by atoms with Gasteiger partial charge >= 0.3 is 0 Å². The van der Waals surface area contributed by atoms with E-state index in [1.165, 1.54) is 19.9 Å². The highest BCUT2D eigenvalue weighted by atomic mass is 32.2. The second-order valence-corrected chi connectivity index (χ2v) is 7.98. The van der Waals surface area contributed by atoms with Gasteiger partial charge in [0.1, 0.15) is 0 Å². The predicted molar refractivity (Wildman–Crippen MR) is 99.6 cm³/mol. The minimum absolute atomic E-state index is 0.265. The second-order valence-electron chi connectivity index (χ2n) is 6.10. The predicted octanol–water partition coefficient (Wildman–Crippen LogP) is 2.09. The number of hydrogen-bond donors (Lipinski definition) is 3. The van der Waals surface area contributed by atoms with Gasteiger partial charge in [0.05, 0.1) is 4.90 Å². The van der Waals surface area contributed by atoms with Gasteiger partial charge in [-0.1, -0.05) is 38.8 Å². The Morgan fingerprint density at radius 2 is 1.96 bits per heavy atom. The molecule has 0 heterocycles. The van der Waals surface area contributed by atoms with E-state index in [1.54, 1.807) is 25.2 Å². The van der Waals surface area contributed by atoms with Crippen LogP contribution in [-0.4, -0.2) is 35.0 Å². The maximum Gasteiger partial charge on any atom is 0.240 e. The molecule has 1 aromatic carbocycles. The summed E-state index contributed by atoms with van der Waals surface area (Å²) >= 11 is 0. The van der Waals surface area contributed by atoms with E-state index in [4.69, 9.17) is 0 Å². The zero-order valence-electron chi connectivity index (χ0n) is 15.1. The monoisotopic (exact) mass is 354 g/mol. The lowest BCUT2D eigenvalue weighted by Crippen LogP contribution is -2.37. The zero-order chi connectivity index (χ0) is 18.0. The smallest absolute Gasteiger partial charge is 0.240 e. The number of aliphatic imine (C=N–C) groups is 1. The molecule has 0 fully saturated rings. The molecule has 0 aliphatic carbocycles.